The van der Waals surface area contributed by atoms with E-state index in [0.29, 0.717) is 30.9 Å². The number of nitrogens with zero attached hydrogens (tertiary/aromatic N) is 1. The molecule has 0 aromatic carbocycles. The van der Waals surface area contributed by atoms with Gasteiger partial charge in [-0.3, -0.25) is 4.99 Å². The summed E-state index contributed by atoms with van der Waals surface area (Å²) in [6.07, 6.45) is 3.52. The lowest BCUT2D eigenvalue weighted by atomic mass is 9.86. The molecule has 1 aliphatic rings. The fraction of sp³-hybridized carbons (Fsp3) is 0.923. The third kappa shape index (κ3) is 7.09. The first-order chi connectivity index (χ1) is 9.43. The van der Waals surface area contributed by atoms with Gasteiger partial charge in [-0.15, -0.1) is 0 Å². The first-order valence-corrected chi connectivity index (χ1v) is 9.00. The molecule has 0 saturated heterocycles. The van der Waals surface area contributed by atoms with Crippen LogP contribution >= 0.6 is 0 Å². The number of rotatable bonds is 8. The van der Waals surface area contributed by atoms with Gasteiger partial charge in [0.15, 0.2) is 5.96 Å². The largest absolute Gasteiger partial charge is 0.356 e. The highest BCUT2D eigenvalue weighted by atomic mass is 32.2. The molecular formula is C13H28N4O2S. The van der Waals surface area contributed by atoms with Crippen molar-refractivity contribution in [1.82, 2.24) is 15.4 Å². The van der Waals surface area contributed by atoms with Crippen LogP contribution in [0.2, 0.25) is 0 Å². The molecule has 0 heterocycles. The topological polar surface area (TPSA) is 82.6 Å². The molecule has 118 valence electrons. The first kappa shape index (κ1) is 17.2. The zero-order chi connectivity index (χ0) is 15.0. The van der Waals surface area contributed by atoms with Crippen molar-refractivity contribution >= 4 is 16.0 Å². The highest BCUT2D eigenvalue weighted by molar-refractivity contribution is 7.89. The minimum atomic E-state index is -3.18. The Balaban J connectivity index is 2.19. The summed E-state index contributed by atoms with van der Waals surface area (Å²) >= 11 is 0. The predicted molar refractivity (Wildman–Crippen MR) is 83.3 cm³/mol. The van der Waals surface area contributed by atoms with Crippen molar-refractivity contribution in [2.24, 2.45) is 16.8 Å². The summed E-state index contributed by atoms with van der Waals surface area (Å²) in [7, 11) is -1.50. The Hall–Kier alpha value is -0.820. The van der Waals surface area contributed by atoms with Crippen LogP contribution in [-0.2, 0) is 10.0 Å². The van der Waals surface area contributed by atoms with E-state index >= 15 is 0 Å². The lowest BCUT2D eigenvalue weighted by Crippen LogP contribution is -2.42. The Morgan fingerprint density at radius 2 is 2.00 bits per heavy atom. The zero-order valence-corrected chi connectivity index (χ0v) is 13.6. The van der Waals surface area contributed by atoms with Gasteiger partial charge in [-0.2, -0.15) is 0 Å². The van der Waals surface area contributed by atoms with Crippen LogP contribution in [0.1, 0.15) is 33.1 Å². The number of guanidine groups is 1. The van der Waals surface area contributed by atoms with Crippen molar-refractivity contribution in [2.75, 3.05) is 32.4 Å². The monoisotopic (exact) mass is 304 g/mol. The van der Waals surface area contributed by atoms with Gasteiger partial charge in [0, 0.05) is 26.7 Å². The van der Waals surface area contributed by atoms with Crippen LogP contribution in [-0.4, -0.2) is 46.8 Å². The molecule has 0 unspecified atom stereocenters. The van der Waals surface area contributed by atoms with Gasteiger partial charge in [-0.05, 0) is 24.7 Å². The van der Waals surface area contributed by atoms with Crippen LogP contribution in [0, 0.1) is 11.8 Å². The highest BCUT2D eigenvalue weighted by Crippen LogP contribution is 2.25. The molecule has 0 aliphatic heterocycles. The van der Waals surface area contributed by atoms with Crippen molar-refractivity contribution in [3.8, 4) is 0 Å². The van der Waals surface area contributed by atoms with E-state index in [9.17, 15) is 8.42 Å². The number of aliphatic imine (C=N–C) groups is 1. The maximum atomic E-state index is 11.8. The SMILES string of the molecule is CN=C(NCCS(=O)(=O)NCC1CCC1)NCC(C)C. The number of nitrogens with one attached hydrogen (secondary N) is 3. The van der Waals surface area contributed by atoms with Gasteiger partial charge < -0.3 is 10.6 Å². The normalized spacial score (nSPS) is 17.1. The maximum absolute atomic E-state index is 11.8. The molecule has 0 spiro atoms. The average Bonchev–Trinajstić information content (AvgIpc) is 2.31. The molecule has 0 aromatic heterocycles. The summed E-state index contributed by atoms with van der Waals surface area (Å²) in [5, 5.41) is 6.16. The molecule has 20 heavy (non-hydrogen) atoms. The zero-order valence-electron chi connectivity index (χ0n) is 12.8. The van der Waals surface area contributed by atoms with Crippen LogP contribution in [0.4, 0.5) is 0 Å². The molecule has 1 saturated carbocycles. The first-order valence-electron chi connectivity index (χ1n) is 7.35. The van der Waals surface area contributed by atoms with Gasteiger partial charge >= 0.3 is 0 Å². The summed E-state index contributed by atoms with van der Waals surface area (Å²) in [6.45, 7) is 5.97. The molecule has 0 aromatic rings. The number of hydrogen-bond donors (Lipinski definition) is 3. The van der Waals surface area contributed by atoms with Crippen LogP contribution in [0.15, 0.2) is 4.99 Å². The highest BCUT2D eigenvalue weighted by Gasteiger charge is 2.19. The Bertz CT molecular complexity index is 403. The minimum Gasteiger partial charge on any atom is -0.356 e. The van der Waals surface area contributed by atoms with Crippen LogP contribution in [0.5, 0.6) is 0 Å². The van der Waals surface area contributed by atoms with E-state index in [2.05, 4.69) is 34.2 Å². The molecule has 1 rings (SSSR count). The molecule has 0 amide bonds. The van der Waals surface area contributed by atoms with Gasteiger partial charge in [0.25, 0.3) is 0 Å². The summed E-state index contributed by atoms with van der Waals surface area (Å²) in [5.41, 5.74) is 0. The Labute approximate surface area is 122 Å². The predicted octanol–water partition coefficient (Wildman–Crippen LogP) is 0.527. The van der Waals surface area contributed by atoms with Crippen molar-refractivity contribution in [3.05, 3.63) is 0 Å². The van der Waals surface area contributed by atoms with E-state index in [1.807, 2.05) is 0 Å². The molecule has 1 fully saturated rings. The lowest BCUT2D eigenvalue weighted by Gasteiger charge is -2.25. The van der Waals surface area contributed by atoms with Crippen molar-refractivity contribution in [2.45, 2.75) is 33.1 Å². The summed E-state index contributed by atoms with van der Waals surface area (Å²) in [6, 6.07) is 0. The molecule has 1 aliphatic carbocycles. The van der Waals surface area contributed by atoms with E-state index in [4.69, 9.17) is 0 Å². The quantitative estimate of drug-likeness (QED) is 0.451. The van der Waals surface area contributed by atoms with E-state index in [-0.39, 0.29) is 5.75 Å². The second kappa shape index (κ2) is 8.46. The van der Waals surface area contributed by atoms with E-state index in [1.54, 1.807) is 7.05 Å². The Morgan fingerprint density at radius 1 is 1.30 bits per heavy atom. The van der Waals surface area contributed by atoms with Gasteiger partial charge in [-0.1, -0.05) is 20.3 Å². The van der Waals surface area contributed by atoms with Gasteiger partial charge in [0.1, 0.15) is 0 Å². The number of hydrogen-bond acceptors (Lipinski definition) is 3. The van der Waals surface area contributed by atoms with E-state index < -0.39 is 10.0 Å². The van der Waals surface area contributed by atoms with Crippen molar-refractivity contribution in [1.29, 1.82) is 0 Å². The van der Waals surface area contributed by atoms with E-state index in [1.165, 1.54) is 6.42 Å². The average molecular weight is 304 g/mol. The third-order valence-electron chi connectivity index (χ3n) is 3.38. The van der Waals surface area contributed by atoms with Crippen LogP contribution < -0.4 is 15.4 Å². The fourth-order valence-corrected chi connectivity index (χ4v) is 2.84. The summed E-state index contributed by atoms with van der Waals surface area (Å²) in [5.74, 6) is 1.77. The molecule has 6 nitrogen and oxygen atoms in total. The van der Waals surface area contributed by atoms with Crippen molar-refractivity contribution in [3.63, 3.8) is 0 Å². The van der Waals surface area contributed by atoms with Crippen molar-refractivity contribution < 1.29 is 8.42 Å². The summed E-state index contributed by atoms with van der Waals surface area (Å²) < 4.78 is 26.3. The van der Waals surface area contributed by atoms with Crippen LogP contribution in [0.25, 0.3) is 0 Å². The maximum Gasteiger partial charge on any atom is 0.213 e. The summed E-state index contributed by atoms with van der Waals surface area (Å²) in [4.78, 5) is 4.06. The second-order valence-corrected chi connectivity index (χ2v) is 7.66. The standard InChI is InChI=1S/C13H28N4O2S/c1-11(2)9-16-13(14-3)15-7-8-20(18,19)17-10-12-5-4-6-12/h11-12,17H,4-10H2,1-3H3,(H2,14,15,16). The lowest BCUT2D eigenvalue weighted by molar-refractivity contribution is 0.316. The molecule has 0 atom stereocenters. The third-order valence-corrected chi connectivity index (χ3v) is 4.73. The van der Waals surface area contributed by atoms with Gasteiger partial charge in [0.2, 0.25) is 10.0 Å². The van der Waals surface area contributed by atoms with Gasteiger partial charge in [0.05, 0.1) is 5.75 Å². The molecule has 3 N–H and O–H groups in total. The van der Waals surface area contributed by atoms with Crippen LogP contribution in [0.3, 0.4) is 0 Å². The second-order valence-electron chi connectivity index (χ2n) is 5.74. The Morgan fingerprint density at radius 3 is 2.50 bits per heavy atom. The molecule has 7 heteroatoms. The molecule has 0 bridgehead atoms. The number of sulfonamides is 1. The fourth-order valence-electron chi connectivity index (χ4n) is 1.84. The van der Waals surface area contributed by atoms with Gasteiger partial charge in [-0.25, -0.2) is 13.1 Å². The molecule has 0 radical (unpaired) electrons. The van der Waals surface area contributed by atoms with E-state index in [0.717, 1.165) is 19.4 Å². The molecular weight excluding hydrogens is 276 g/mol. The minimum absolute atomic E-state index is 0.0715. The smallest absolute Gasteiger partial charge is 0.213 e. The Kier molecular flexibility index (Phi) is 7.29.